The average molecular weight is 360 g/mol. The van der Waals surface area contributed by atoms with Crippen molar-refractivity contribution in [2.75, 3.05) is 31.6 Å². The van der Waals surface area contributed by atoms with E-state index in [0.717, 1.165) is 12.5 Å². The SMILES string of the molecule is O=C(Nc1ccccc1F)N1CC(c2nc(CCOCC3CC3)no2)C1. The van der Waals surface area contributed by atoms with Crippen LogP contribution in [0.5, 0.6) is 0 Å². The van der Waals surface area contributed by atoms with Gasteiger partial charge in [0.15, 0.2) is 5.82 Å². The Bertz CT molecular complexity index is 771. The van der Waals surface area contributed by atoms with Crippen molar-refractivity contribution < 1.29 is 18.4 Å². The number of nitrogens with zero attached hydrogens (tertiary/aromatic N) is 3. The lowest BCUT2D eigenvalue weighted by Gasteiger charge is -2.36. The number of nitrogens with one attached hydrogen (secondary N) is 1. The molecule has 0 unspecified atom stereocenters. The minimum atomic E-state index is -0.455. The monoisotopic (exact) mass is 360 g/mol. The number of halogens is 1. The highest BCUT2D eigenvalue weighted by Gasteiger charge is 2.35. The fourth-order valence-corrected chi connectivity index (χ4v) is 2.79. The smallest absolute Gasteiger partial charge is 0.321 e. The van der Waals surface area contributed by atoms with Gasteiger partial charge in [-0.3, -0.25) is 0 Å². The Morgan fingerprint density at radius 2 is 2.15 bits per heavy atom. The summed E-state index contributed by atoms with van der Waals surface area (Å²) in [6, 6.07) is 5.75. The number of ether oxygens (including phenoxy) is 1. The molecule has 1 aromatic heterocycles. The van der Waals surface area contributed by atoms with Gasteiger partial charge >= 0.3 is 6.03 Å². The molecule has 1 saturated heterocycles. The highest BCUT2D eigenvalue weighted by molar-refractivity contribution is 5.90. The van der Waals surface area contributed by atoms with E-state index in [1.54, 1.807) is 17.0 Å². The zero-order chi connectivity index (χ0) is 17.9. The van der Waals surface area contributed by atoms with E-state index in [1.807, 2.05) is 0 Å². The third-order valence-electron chi connectivity index (χ3n) is 4.64. The van der Waals surface area contributed by atoms with E-state index in [1.165, 1.54) is 25.0 Å². The number of likely N-dealkylation sites (tertiary alicyclic amines) is 1. The van der Waals surface area contributed by atoms with Gasteiger partial charge in [0.2, 0.25) is 5.89 Å². The summed E-state index contributed by atoms with van der Waals surface area (Å²) in [5.74, 6) is 1.48. The lowest BCUT2D eigenvalue weighted by Crippen LogP contribution is -2.50. The second-order valence-corrected chi connectivity index (χ2v) is 6.83. The number of hydrogen-bond donors (Lipinski definition) is 1. The van der Waals surface area contributed by atoms with Gasteiger partial charge in [0.05, 0.1) is 18.2 Å². The summed E-state index contributed by atoms with van der Waals surface area (Å²) >= 11 is 0. The van der Waals surface area contributed by atoms with Crippen LogP contribution >= 0.6 is 0 Å². The van der Waals surface area contributed by atoms with E-state index < -0.39 is 5.82 Å². The molecule has 2 aliphatic rings. The van der Waals surface area contributed by atoms with Crippen LogP contribution in [0.1, 0.15) is 30.5 Å². The van der Waals surface area contributed by atoms with Crippen LogP contribution in [0.4, 0.5) is 14.9 Å². The van der Waals surface area contributed by atoms with Crippen molar-refractivity contribution >= 4 is 11.7 Å². The molecule has 1 N–H and O–H groups in total. The van der Waals surface area contributed by atoms with Crippen LogP contribution in [0.2, 0.25) is 0 Å². The molecule has 0 atom stereocenters. The molecule has 2 aromatic rings. The fraction of sp³-hybridized carbons (Fsp3) is 0.500. The van der Waals surface area contributed by atoms with Gasteiger partial charge in [-0.05, 0) is 30.9 Å². The number of rotatable bonds is 7. The zero-order valence-electron chi connectivity index (χ0n) is 14.4. The molecular formula is C18H21FN4O3. The maximum absolute atomic E-state index is 13.6. The first-order chi connectivity index (χ1) is 12.7. The summed E-state index contributed by atoms with van der Waals surface area (Å²) in [7, 11) is 0. The molecular weight excluding hydrogens is 339 g/mol. The van der Waals surface area contributed by atoms with Crippen molar-refractivity contribution in [1.29, 1.82) is 0 Å². The molecule has 0 bridgehead atoms. The quantitative estimate of drug-likeness (QED) is 0.768. The summed E-state index contributed by atoms with van der Waals surface area (Å²) in [6.45, 7) is 2.36. The van der Waals surface area contributed by atoms with E-state index in [9.17, 15) is 9.18 Å². The Kier molecular flexibility index (Phi) is 4.83. The number of carbonyl (C=O) groups excluding carboxylic acids is 1. The van der Waals surface area contributed by atoms with Crippen molar-refractivity contribution in [1.82, 2.24) is 15.0 Å². The maximum atomic E-state index is 13.6. The van der Waals surface area contributed by atoms with E-state index in [-0.39, 0.29) is 17.6 Å². The highest BCUT2D eigenvalue weighted by atomic mass is 19.1. The summed E-state index contributed by atoms with van der Waals surface area (Å²) in [4.78, 5) is 18.1. The van der Waals surface area contributed by atoms with E-state index >= 15 is 0 Å². The molecule has 8 heteroatoms. The summed E-state index contributed by atoms with van der Waals surface area (Å²) in [5.41, 5.74) is 0.173. The Balaban J connectivity index is 1.21. The van der Waals surface area contributed by atoms with Crippen LogP contribution in [-0.4, -0.2) is 47.4 Å². The molecule has 2 amide bonds. The molecule has 1 aromatic carbocycles. The summed E-state index contributed by atoms with van der Waals surface area (Å²) in [6.07, 6.45) is 3.17. The number of urea groups is 1. The Hall–Kier alpha value is -2.48. The van der Waals surface area contributed by atoms with Gasteiger partial charge in [0, 0.05) is 26.1 Å². The van der Waals surface area contributed by atoms with Crippen LogP contribution in [0.15, 0.2) is 28.8 Å². The first-order valence-electron chi connectivity index (χ1n) is 8.89. The molecule has 138 valence electrons. The molecule has 1 aliphatic heterocycles. The van der Waals surface area contributed by atoms with Crippen LogP contribution in [0, 0.1) is 11.7 Å². The fourth-order valence-electron chi connectivity index (χ4n) is 2.79. The van der Waals surface area contributed by atoms with Crippen molar-refractivity contribution in [2.24, 2.45) is 5.92 Å². The molecule has 26 heavy (non-hydrogen) atoms. The van der Waals surface area contributed by atoms with Crippen LogP contribution in [0.3, 0.4) is 0 Å². The van der Waals surface area contributed by atoms with Gasteiger partial charge in [0.1, 0.15) is 5.82 Å². The van der Waals surface area contributed by atoms with Gasteiger partial charge in [-0.2, -0.15) is 4.98 Å². The lowest BCUT2D eigenvalue weighted by atomic mass is 10.0. The van der Waals surface area contributed by atoms with Crippen LogP contribution < -0.4 is 5.32 Å². The van der Waals surface area contributed by atoms with E-state index in [2.05, 4.69) is 15.5 Å². The number of anilines is 1. The summed E-state index contributed by atoms with van der Waals surface area (Å²) in [5, 5.41) is 6.53. The maximum Gasteiger partial charge on any atom is 0.321 e. The molecule has 7 nitrogen and oxygen atoms in total. The third kappa shape index (κ3) is 4.01. The molecule has 1 saturated carbocycles. The van der Waals surface area contributed by atoms with Gasteiger partial charge in [0.25, 0.3) is 0 Å². The molecule has 0 spiro atoms. The predicted molar refractivity (Wildman–Crippen MR) is 91.3 cm³/mol. The predicted octanol–water partition coefficient (Wildman–Crippen LogP) is 2.81. The largest absolute Gasteiger partial charge is 0.381 e. The molecule has 4 rings (SSSR count). The van der Waals surface area contributed by atoms with Crippen molar-refractivity contribution in [3.05, 3.63) is 41.8 Å². The van der Waals surface area contributed by atoms with E-state index in [4.69, 9.17) is 9.26 Å². The third-order valence-corrected chi connectivity index (χ3v) is 4.64. The van der Waals surface area contributed by atoms with Gasteiger partial charge in [-0.15, -0.1) is 0 Å². The molecule has 0 radical (unpaired) electrons. The second-order valence-electron chi connectivity index (χ2n) is 6.83. The second kappa shape index (κ2) is 7.41. The number of hydrogen-bond acceptors (Lipinski definition) is 5. The number of para-hydroxylation sites is 1. The number of carbonyl (C=O) groups is 1. The molecule has 2 fully saturated rings. The first kappa shape index (κ1) is 17.0. The lowest BCUT2D eigenvalue weighted by molar-refractivity contribution is 0.125. The van der Waals surface area contributed by atoms with Crippen LogP contribution in [-0.2, 0) is 11.2 Å². The van der Waals surface area contributed by atoms with Crippen molar-refractivity contribution in [2.45, 2.75) is 25.2 Å². The van der Waals surface area contributed by atoms with E-state index in [0.29, 0.717) is 37.8 Å². The van der Waals surface area contributed by atoms with Gasteiger partial charge in [-0.25, -0.2) is 9.18 Å². The minimum absolute atomic E-state index is 0.0232. The average Bonchev–Trinajstić information content (AvgIpc) is 3.30. The Morgan fingerprint density at radius 3 is 2.92 bits per heavy atom. The van der Waals surface area contributed by atoms with Crippen LogP contribution in [0.25, 0.3) is 0 Å². The van der Waals surface area contributed by atoms with Crippen molar-refractivity contribution in [3.8, 4) is 0 Å². The minimum Gasteiger partial charge on any atom is -0.381 e. The first-order valence-corrected chi connectivity index (χ1v) is 8.89. The zero-order valence-corrected chi connectivity index (χ0v) is 14.4. The van der Waals surface area contributed by atoms with Crippen molar-refractivity contribution in [3.63, 3.8) is 0 Å². The Labute approximate surface area is 150 Å². The standard InChI is InChI=1S/C18H21FN4O3/c19-14-3-1-2-4-15(14)20-18(24)23-9-13(10-23)17-21-16(22-26-17)7-8-25-11-12-5-6-12/h1-4,12-13H,5-11H2,(H,20,24). The molecule has 2 heterocycles. The molecule has 1 aliphatic carbocycles. The Morgan fingerprint density at radius 1 is 1.35 bits per heavy atom. The van der Waals surface area contributed by atoms with Gasteiger partial charge in [-0.1, -0.05) is 17.3 Å². The number of aromatic nitrogens is 2. The highest BCUT2D eigenvalue weighted by Crippen LogP contribution is 2.29. The normalized spacial score (nSPS) is 17.2. The topological polar surface area (TPSA) is 80.5 Å². The number of benzene rings is 1. The van der Waals surface area contributed by atoms with Gasteiger partial charge < -0.3 is 19.5 Å². The number of amides is 2. The summed E-state index contributed by atoms with van der Waals surface area (Å²) < 4.78 is 24.4.